The van der Waals surface area contributed by atoms with E-state index in [-0.39, 0.29) is 38.2 Å². The van der Waals surface area contributed by atoms with Gasteiger partial charge in [-0.2, -0.15) is 0 Å². The fraction of sp³-hybridized carbons (Fsp3) is 0.483. The summed E-state index contributed by atoms with van der Waals surface area (Å²) in [6, 6.07) is 12.7. The highest BCUT2D eigenvalue weighted by Gasteiger charge is 2.66. The van der Waals surface area contributed by atoms with Gasteiger partial charge in [0.2, 0.25) is 8.41 Å². The highest BCUT2D eigenvalue weighted by Crippen LogP contribution is 2.60. The van der Waals surface area contributed by atoms with Gasteiger partial charge in [-0.15, -0.1) is 0 Å². The zero-order chi connectivity index (χ0) is 29.1. The third kappa shape index (κ3) is 4.39. The number of hydrogen-bond donors (Lipinski definition) is 1. The van der Waals surface area contributed by atoms with Crippen molar-refractivity contribution >= 4 is 43.6 Å². The molecule has 3 saturated heterocycles. The Labute approximate surface area is 238 Å². The lowest BCUT2D eigenvalue weighted by Gasteiger charge is -2.31. The fourth-order valence-corrected chi connectivity index (χ4v) is 9.52. The Hall–Kier alpha value is -3.48. The zero-order valence-corrected chi connectivity index (χ0v) is 24.3. The second-order valence-corrected chi connectivity index (χ2v) is 15.4. The van der Waals surface area contributed by atoms with E-state index in [1.54, 1.807) is 41.1 Å². The molecular formula is C29H34FN3O7Si. The van der Waals surface area contributed by atoms with E-state index >= 15 is 4.11 Å². The molecule has 4 aliphatic heterocycles. The highest BCUT2D eigenvalue weighted by atomic mass is 28.4. The summed E-state index contributed by atoms with van der Waals surface area (Å²) in [5.41, 5.74) is 1.36. The molecule has 3 fully saturated rings. The minimum Gasteiger partial charge on any atom is -0.447 e. The quantitative estimate of drug-likeness (QED) is 0.382. The van der Waals surface area contributed by atoms with Crippen molar-refractivity contribution in [1.29, 1.82) is 0 Å². The molecule has 41 heavy (non-hydrogen) atoms. The molecule has 4 heterocycles. The molecule has 2 aromatic rings. The lowest BCUT2D eigenvalue weighted by atomic mass is 9.82. The van der Waals surface area contributed by atoms with E-state index < -0.39 is 37.7 Å². The molecule has 218 valence electrons. The van der Waals surface area contributed by atoms with Crippen molar-refractivity contribution in [2.24, 2.45) is 5.92 Å². The first-order valence-corrected chi connectivity index (χ1v) is 16.9. The van der Waals surface area contributed by atoms with Crippen molar-refractivity contribution in [1.82, 2.24) is 0 Å². The van der Waals surface area contributed by atoms with Gasteiger partial charge in [-0.05, 0) is 55.4 Å². The Morgan fingerprint density at radius 1 is 0.976 bits per heavy atom. The number of carbonyl (C=O) groups excluding carboxylic acids is 3. The highest BCUT2D eigenvalue weighted by molar-refractivity contribution is 6.72. The van der Waals surface area contributed by atoms with Crippen LogP contribution in [0.3, 0.4) is 0 Å². The number of hydrogen-bond acceptors (Lipinski definition) is 7. The van der Waals surface area contributed by atoms with Crippen LogP contribution in [0.25, 0.3) is 0 Å². The molecule has 0 radical (unpaired) electrons. The number of halogens is 1. The van der Waals surface area contributed by atoms with Crippen molar-refractivity contribution < 1.29 is 37.8 Å². The minimum absolute atomic E-state index is 0.185. The summed E-state index contributed by atoms with van der Waals surface area (Å²) in [6.07, 6.45) is -1.26. The largest absolute Gasteiger partial charge is 0.447 e. The first-order valence-electron chi connectivity index (χ1n) is 14.0. The SMILES string of the molecule is C[C@@H]1[C@@H]([Si](C)(C)F)[C@H](CCO)O[C@@]12C(=O)N(Cc1ccc(N3CCOC3=O)cc1)c1ccc(N3CCOC3=O)cc12. The van der Waals surface area contributed by atoms with Crippen LogP contribution in [-0.2, 0) is 31.2 Å². The summed E-state index contributed by atoms with van der Waals surface area (Å²) in [5, 5.41) is 9.80. The molecule has 10 nitrogen and oxygen atoms in total. The number of carbonyl (C=O) groups is 3. The predicted octanol–water partition coefficient (Wildman–Crippen LogP) is 4.30. The first kappa shape index (κ1) is 27.7. The topological polar surface area (TPSA) is 109 Å². The number of aliphatic hydroxyl groups excluding tert-OH is 1. The van der Waals surface area contributed by atoms with Crippen LogP contribution in [0.1, 0.15) is 24.5 Å². The van der Waals surface area contributed by atoms with Gasteiger partial charge in [0.15, 0.2) is 5.60 Å². The number of ether oxygens (including phenoxy) is 3. The van der Waals surface area contributed by atoms with Crippen LogP contribution in [0.4, 0.5) is 30.8 Å². The Morgan fingerprint density at radius 3 is 2.15 bits per heavy atom. The van der Waals surface area contributed by atoms with Crippen molar-refractivity contribution in [3.63, 3.8) is 0 Å². The van der Waals surface area contributed by atoms with E-state index in [2.05, 4.69) is 0 Å². The minimum atomic E-state index is -3.34. The number of anilines is 3. The van der Waals surface area contributed by atoms with Crippen LogP contribution in [0.2, 0.25) is 18.6 Å². The summed E-state index contributed by atoms with van der Waals surface area (Å²) < 4.78 is 32.6. The van der Waals surface area contributed by atoms with E-state index in [1.165, 1.54) is 4.90 Å². The summed E-state index contributed by atoms with van der Waals surface area (Å²) >= 11 is 0. The van der Waals surface area contributed by atoms with Crippen LogP contribution in [0.5, 0.6) is 0 Å². The molecule has 1 N–H and O–H groups in total. The third-order valence-corrected chi connectivity index (χ3v) is 11.2. The summed E-state index contributed by atoms with van der Waals surface area (Å²) in [4.78, 5) is 43.6. The number of benzene rings is 2. The lowest BCUT2D eigenvalue weighted by molar-refractivity contribution is -0.146. The average molecular weight is 584 g/mol. The van der Waals surface area contributed by atoms with Crippen LogP contribution in [0, 0.1) is 5.92 Å². The standard InChI is InChI=1S/C29H34FN3O7Si/c1-18-25(41(2,3)30)24(10-13-34)40-29(18)22-16-21(32-12-15-39-28(32)37)8-9-23(22)33(26(29)35)17-19-4-6-20(7-5-19)31-11-14-38-27(31)36/h4-9,16,18,24-25,34H,10-15,17H2,1-3H3/t18-,24+,25-,29+/m1/s1. The van der Waals surface area contributed by atoms with Gasteiger partial charge in [0.05, 0.1) is 31.4 Å². The van der Waals surface area contributed by atoms with E-state index in [9.17, 15) is 19.5 Å². The number of aliphatic hydroxyl groups is 1. The van der Waals surface area contributed by atoms with Crippen molar-refractivity contribution in [3.05, 3.63) is 53.6 Å². The second-order valence-electron chi connectivity index (χ2n) is 11.6. The van der Waals surface area contributed by atoms with E-state index in [0.717, 1.165) is 5.56 Å². The second kappa shape index (κ2) is 10.1. The Kier molecular flexibility index (Phi) is 6.82. The van der Waals surface area contributed by atoms with Gasteiger partial charge in [0.25, 0.3) is 5.91 Å². The summed E-state index contributed by atoms with van der Waals surface area (Å²) in [7, 11) is -3.34. The molecule has 6 rings (SSSR count). The van der Waals surface area contributed by atoms with Crippen molar-refractivity contribution in [2.45, 2.75) is 50.2 Å². The van der Waals surface area contributed by atoms with Gasteiger partial charge in [0, 0.05) is 35.0 Å². The average Bonchev–Trinajstić information content (AvgIpc) is 3.68. The Bertz CT molecular complexity index is 1380. The molecule has 3 amide bonds. The maximum absolute atomic E-state index is 15.8. The Morgan fingerprint density at radius 2 is 1.59 bits per heavy atom. The molecule has 4 aliphatic rings. The number of fused-ring (bicyclic) bond motifs is 2. The first-order chi connectivity index (χ1) is 19.6. The van der Waals surface area contributed by atoms with Gasteiger partial charge in [-0.3, -0.25) is 14.6 Å². The zero-order valence-electron chi connectivity index (χ0n) is 23.3. The van der Waals surface area contributed by atoms with Crippen LogP contribution >= 0.6 is 0 Å². The van der Waals surface area contributed by atoms with Crippen molar-refractivity contribution in [2.75, 3.05) is 47.6 Å². The smallest absolute Gasteiger partial charge is 0.414 e. The van der Waals surface area contributed by atoms with Gasteiger partial charge in [-0.25, -0.2) is 9.59 Å². The molecule has 0 bridgehead atoms. The number of cyclic esters (lactones) is 2. The number of rotatable bonds is 7. The molecule has 12 heteroatoms. The van der Waals surface area contributed by atoms with E-state index in [0.29, 0.717) is 42.3 Å². The number of amides is 3. The van der Waals surface area contributed by atoms with E-state index in [4.69, 9.17) is 14.2 Å². The van der Waals surface area contributed by atoms with E-state index in [1.807, 2.05) is 31.2 Å². The van der Waals surface area contributed by atoms with Crippen LogP contribution in [0.15, 0.2) is 42.5 Å². The van der Waals surface area contributed by atoms with Crippen LogP contribution < -0.4 is 14.7 Å². The molecule has 0 aliphatic carbocycles. The summed E-state index contributed by atoms with van der Waals surface area (Å²) in [6.45, 7) is 6.62. The van der Waals surface area contributed by atoms with Crippen LogP contribution in [-0.4, -0.2) is 70.6 Å². The molecule has 1 spiro atoms. The predicted molar refractivity (Wildman–Crippen MR) is 151 cm³/mol. The molecule has 2 aromatic carbocycles. The Balaban J connectivity index is 1.40. The molecule has 4 atom stereocenters. The lowest BCUT2D eigenvalue weighted by Crippen LogP contribution is -2.45. The van der Waals surface area contributed by atoms with Gasteiger partial charge < -0.3 is 28.3 Å². The monoisotopic (exact) mass is 583 g/mol. The maximum Gasteiger partial charge on any atom is 0.414 e. The number of nitrogens with zero attached hydrogens (tertiary/aromatic N) is 3. The summed E-state index contributed by atoms with van der Waals surface area (Å²) in [5.74, 6) is -0.802. The van der Waals surface area contributed by atoms with Gasteiger partial charge >= 0.3 is 12.2 Å². The normalized spacial score (nSPS) is 27.7. The van der Waals surface area contributed by atoms with Gasteiger partial charge in [0.1, 0.15) is 13.2 Å². The molecular weight excluding hydrogens is 549 g/mol. The maximum atomic E-state index is 15.8. The molecule has 0 aromatic heterocycles. The third-order valence-electron chi connectivity index (χ3n) is 8.78. The molecule has 0 saturated carbocycles. The van der Waals surface area contributed by atoms with Crippen molar-refractivity contribution in [3.8, 4) is 0 Å². The molecule has 0 unspecified atom stereocenters. The fourth-order valence-electron chi connectivity index (χ4n) is 6.98. The van der Waals surface area contributed by atoms with Gasteiger partial charge in [-0.1, -0.05) is 19.1 Å².